The van der Waals surface area contributed by atoms with Crippen LogP contribution in [0.5, 0.6) is 0 Å². The molecule has 1 aliphatic rings. The van der Waals surface area contributed by atoms with Gasteiger partial charge >= 0.3 is 5.97 Å². The number of hydrogen-bond donors (Lipinski definition) is 1. The standard InChI is InChI=1S/C10H10ClNO2/c11-8-3-4-12-10-6(5-9(13)14)1-2-7(8)10/h3-4,6H,1-2,5H2,(H,13,14). The van der Waals surface area contributed by atoms with Crippen LogP contribution < -0.4 is 0 Å². The summed E-state index contributed by atoms with van der Waals surface area (Å²) in [6.07, 6.45) is 3.49. The molecule has 1 aromatic heterocycles. The number of carboxylic acids is 1. The number of halogens is 1. The number of pyridine rings is 1. The molecule has 1 heterocycles. The van der Waals surface area contributed by atoms with Crippen LogP contribution in [0.1, 0.15) is 30.0 Å². The SMILES string of the molecule is O=C(O)CC1CCc2c(Cl)ccnc21. The largest absolute Gasteiger partial charge is 0.481 e. The third-order valence-corrected chi connectivity index (χ3v) is 2.94. The maximum Gasteiger partial charge on any atom is 0.304 e. The predicted molar refractivity (Wildman–Crippen MR) is 52.6 cm³/mol. The molecule has 0 radical (unpaired) electrons. The van der Waals surface area contributed by atoms with Gasteiger partial charge in [-0.25, -0.2) is 0 Å². The van der Waals surface area contributed by atoms with Gasteiger partial charge in [-0.3, -0.25) is 9.78 Å². The first-order valence-electron chi connectivity index (χ1n) is 4.53. The van der Waals surface area contributed by atoms with E-state index in [2.05, 4.69) is 4.98 Å². The fraction of sp³-hybridized carbons (Fsp3) is 0.400. The summed E-state index contributed by atoms with van der Waals surface area (Å²) in [6, 6.07) is 1.75. The maximum atomic E-state index is 10.6. The minimum absolute atomic E-state index is 0.0428. The molecule has 1 N–H and O–H groups in total. The molecule has 0 aliphatic heterocycles. The molecule has 2 rings (SSSR count). The van der Waals surface area contributed by atoms with Crippen LogP contribution in [-0.4, -0.2) is 16.1 Å². The number of hydrogen-bond acceptors (Lipinski definition) is 2. The van der Waals surface area contributed by atoms with Crippen molar-refractivity contribution >= 4 is 17.6 Å². The van der Waals surface area contributed by atoms with E-state index in [0.29, 0.717) is 5.02 Å². The van der Waals surface area contributed by atoms with Crippen molar-refractivity contribution in [1.82, 2.24) is 4.98 Å². The summed E-state index contributed by atoms with van der Waals surface area (Å²) in [5.74, 6) is -0.731. The van der Waals surface area contributed by atoms with Gasteiger partial charge in [0.15, 0.2) is 0 Å². The van der Waals surface area contributed by atoms with E-state index in [1.54, 1.807) is 12.3 Å². The highest BCUT2D eigenvalue weighted by atomic mass is 35.5. The van der Waals surface area contributed by atoms with Crippen LogP contribution in [0.25, 0.3) is 0 Å². The van der Waals surface area contributed by atoms with Gasteiger partial charge < -0.3 is 5.11 Å². The Morgan fingerprint density at radius 2 is 2.50 bits per heavy atom. The van der Waals surface area contributed by atoms with Crippen molar-refractivity contribution in [2.45, 2.75) is 25.2 Å². The van der Waals surface area contributed by atoms with Gasteiger partial charge in [-0.05, 0) is 24.5 Å². The summed E-state index contributed by atoms with van der Waals surface area (Å²) >= 11 is 5.98. The minimum atomic E-state index is -0.773. The molecule has 0 bridgehead atoms. The van der Waals surface area contributed by atoms with Gasteiger partial charge in [0.05, 0.1) is 6.42 Å². The molecule has 0 saturated carbocycles. The molecule has 4 heteroatoms. The Labute approximate surface area is 86.7 Å². The lowest BCUT2D eigenvalue weighted by Crippen LogP contribution is -2.04. The van der Waals surface area contributed by atoms with Crippen molar-refractivity contribution in [2.75, 3.05) is 0 Å². The molecule has 74 valence electrons. The third-order valence-electron chi connectivity index (χ3n) is 2.58. The number of rotatable bonds is 2. The Hall–Kier alpha value is -1.09. The van der Waals surface area contributed by atoms with Gasteiger partial charge in [-0.2, -0.15) is 0 Å². The normalized spacial score (nSPS) is 19.4. The molecule has 0 aromatic carbocycles. The molecule has 1 aromatic rings. The molecule has 0 amide bonds. The van der Waals surface area contributed by atoms with Gasteiger partial charge in [0.1, 0.15) is 0 Å². The minimum Gasteiger partial charge on any atom is -0.481 e. The van der Waals surface area contributed by atoms with E-state index < -0.39 is 5.97 Å². The zero-order valence-corrected chi connectivity index (χ0v) is 8.29. The second kappa shape index (κ2) is 3.58. The number of carbonyl (C=O) groups is 1. The summed E-state index contributed by atoms with van der Waals surface area (Å²) in [6.45, 7) is 0. The highest BCUT2D eigenvalue weighted by Gasteiger charge is 2.27. The zero-order chi connectivity index (χ0) is 10.1. The lowest BCUT2D eigenvalue weighted by atomic mass is 10.0. The summed E-state index contributed by atoms with van der Waals surface area (Å²) < 4.78 is 0. The van der Waals surface area contributed by atoms with Crippen molar-refractivity contribution in [1.29, 1.82) is 0 Å². The number of aromatic nitrogens is 1. The van der Waals surface area contributed by atoms with E-state index in [9.17, 15) is 4.79 Å². The van der Waals surface area contributed by atoms with E-state index in [1.165, 1.54) is 0 Å². The van der Waals surface area contributed by atoms with E-state index in [-0.39, 0.29) is 12.3 Å². The van der Waals surface area contributed by atoms with Gasteiger partial charge in [-0.15, -0.1) is 0 Å². The highest BCUT2D eigenvalue weighted by Crippen LogP contribution is 2.37. The van der Waals surface area contributed by atoms with E-state index in [0.717, 1.165) is 24.1 Å². The Morgan fingerprint density at radius 3 is 3.21 bits per heavy atom. The van der Waals surface area contributed by atoms with Crippen LogP contribution in [0.15, 0.2) is 12.3 Å². The van der Waals surface area contributed by atoms with E-state index >= 15 is 0 Å². The monoisotopic (exact) mass is 211 g/mol. The Kier molecular flexibility index (Phi) is 2.42. The summed E-state index contributed by atoms with van der Waals surface area (Å²) in [5, 5.41) is 9.42. The lowest BCUT2D eigenvalue weighted by molar-refractivity contribution is -0.137. The molecule has 0 fully saturated rings. The average Bonchev–Trinajstić information content (AvgIpc) is 2.49. The van der Waals surface area contributed by atoms with Crippen molar-refractivity contribution < 1.29 is 9.90 Å². The Morgan fingerprint density at radius 1 is 1.71 bits per heavy atom. The Bertz CT molecular complexity index is 378. The lowest BCUT2D eigenvalue weighted by Gasteiger charge is -2.06. The van der Waals surface area contributed by atoms with Crippen molar-refractivity contribution in [3.63, 3.8) is 0 Å². The van der Waals surface area contributed by atoms with Crippen LogP contribution in [0.4, 0.5) is 0 Å². The number of nitrogens with zero attached hydrogens (tertiary/aromatic N) is 1. The average molecular weight is 212 g/mol. The summed E-state index contributed by atoms with van der Waals surface area (Å²) in [4.78, 5) is 14.8. The number of aliphatic carboxylic acids is 1. The molecule has 0 spiro atoms. The first-order valence-corrected chi connectivity index (χ1v) is 4.91. The van der Waals surface area contributed by atoms with Gasteiger partial charge in [0, 0.05) is 22.8 Å². The van der Waals surface area contributed by atoms with Crippen molar-refractivity contribution in [2.24, 2.45) is 0 Å². The molecule has 0 saturated heterocycles. The van der Waals surface area contributed by atoms with Crippen molar-refractivity contribution in [3.05, 3.63) is 28.5 Å². The first-order chi connectivity index (χ1) is 6.68. The van der Waals surface area contributed by atoms with Crippen LogP contribution >= 0.6 is 11.6 Å². The molecule has 1 unspecified atom stereocenters. The van der Waals surface area contributed by atoms with Crippen molar-refractivity contribution in [3.8, 4) is 0 Å². The number of carboxylic acid groups (broad SMARTS) is 1. The second-order valence-electron chi connectivity index (χ2n) is 3.49. The smallest absolute Gasteiger partial charge is 0.304 e. The molecular weight excluding hydrogens is 202 g/mol. The summed E-state index contributed by atoms with van der Waals surface area (Å²) in [7, 11) is 0. The highest BCUT2D eigenvalue weighted by molar-refractivity contribution is 6.31. The van der Waals surface area contributed by atoms with Gasteiger partial charge in [0.2, 0.25) is 0 Å². The topological polar surface area (TPSA) is 50.2 Å². The van der Waals surface area contributed by atoms with Gasteiger partial charge in [-0.1, -0.05) is 11.6 Å². The van der Waals surface area contributed by atoms with Crippen LogP contribution in [0, 0.1) is 0 Å². The Balaban J connectivity index is 2.30. The van der Waals surface area contributed by atoms with Crippen LogP contribution in [0.2, 0.25) is 5.02 Å². The second-order valence-corrected chi connectivity index (χ2v) is 3.90. The fourth-order valence-corrected chi connectivity index (χ4v) is 2.20. The quantitative estimate of drug-likeness (QED) is 0.816. The van der Waals surface area contributed by atoms with Crippen LogP contribution in [0.3, 0.4) is 0 Å². The first kappa shape index (κ1) is 9.46. The summed E-state index contributed by atoms with van der Waals surface area (Å²) in [5.41, 5.74) is 1.90. The van der Waals surface area contributed by atoms with E-state index in [4.69, 9.17) is 16.7 Å². The fourth-order valence-electron chi connectivity index (χ4n) is 1.95. The number of fused-ring (bicyclic) bond motifs is 1. The van der Waals surface area contributed by atoms with Crippen LogP contribution in [-0.2, 0) is 11.2 Å². The maximum absolute atomic E-state index is 10.6. The van der Waals surface area contributed by atoms with Gasteiger partial charge in [0.25, 0.3) is 0 Å². The zero-order valence-electron chi connectivity index (χ0n) is 7.53. The molecule has 1 aliphatic carbocycles. The molecule has 1 atom stereocenters. The molecule has 14 heavy (non-hydrogen) atoms. The predicted octanol–water partition coefficient (Wildman–Crippen LogP) is 2.24. The molecule has 3 nitrogen and oxygen atoms in total. The van der Waals surface area contributed by atoms with E-state index in [1.807, 2.05) is 0 Å². The third kappa shape index (κ3) is 1.60. The molecular formula is C10H10ClNO2.